The lowest BCUT2D eigenvalue weighted by Crippen LogP contribution is -2.33. The Morgan fingerprint density at radius 1 is 0.929 bits per heavy atom. The first-order chi connectivity index (χ1) is 20.1. The number of carbonyl (C=O) groups excluding carboxylic acids is 1. The number of unbranched alkanes of at least 4 members (excludes halogenated alkanes) is 3. The predicted octanol–water partition coefficient (Wildman–Crippen LogP) is 3.55. The van der Waals surface area contributed by atoms with Crippen LogP contribution in [-0.2, 0) is 48.2 Å². The van der Waals surface area contributed by atoms with Crippen LogP contribution in [0.15, 0.2) is 36.7 Å². The maximum Gasteiger partial charge on any atom is 0.407 e. The third-order valence-corrected chi connectivity index (χ3v) is 6.75. The Hall–Kier alpha value is -3.52. The van der Waals surface area contributed by atoms with Gasteiger partial charge in [0.05, 0.1) is 11.4 Å². The number of aromatic nitrogens is 6. The maximum absolute atomic E-state index is 11.8. The number of rotatable bonds is 18. The van der Waals surface area contributed by atoms with E-state index in [1.54, 1.807) is 12.1 Å². The molecule has 0 saturated carbocycles. The van der Waals surface area contributed by atoms with Crippen LogP contribution in [0.25, 0.3) is 0 Å². The molecule has 0 aliphatic heterocycles. The fraction of sp³-hybridized carbons (Fsp3) is 0.607. The molecule has 0 radical (unpaired) electrons. The van der Waals surface area contributed by atoms with Crippen molar-refractivity contribution in [1.82, 2.24) is 40.2 Å². The zero-order chi connectivity index (χ0) is 30.4. The van der Waals surface area contributed by atoms with Gasteiger partial charge in [0, 0.05) is 57.3 Å². The number of ether oxygens (including phenoxy) is 1. The number of thiol groups is 1. The topological polar surface area (TPSA) is 149 Å². The first-order valence-corrected chi connectivity index (χ1v) is 15.7. The van der Waals surface area contributed by atoms with E-state index in [1.807, 2.05) is 54.7 Å². The van der Waals surface area contributed by atoms with Gasteiger partial charge in [-0.05, 0) is 64.2 Å². The van der Waals surface area contributed by atoms with Crippen molar-refractivity contribution in [1.29, 1.82) is 0 Å². The van der Waals surface area contributed by atoms with Gasteiger partial charge in [-0.3, -0.25) is 19.0 Å². The first-order valence-electron chi connectivity index (χ1n) is 14.6. The minimum absolute atomic E-state index is 0.404. The Kier molecular flexibility index (Phi) is 13.2. The quantitative estimate of drug-likeness (QED) is 0.147. The van der Waals surface area contributed by atoms with Crippen LogP contribution >= 0.6 is 0 Å². The lowest BCUT2D eigenvalue weighted by Gasteiger charge is -2.20. The average Bonchev–Trinajstić information content (AvgIpc) is 3.56. The van der Waals surface area contributed by atoms with Gasteiger partial charge in [-0.15, -0.1) is 10.2 Å². The fourth-order valence-corrected chi connectivity index (χ4v) is 4.64. The Labute approximate surface area is 250 Å². The second kappa shape index (κ2) is 16.8. The summed E-state index contributed by atoms with van der Waals surface area (Å²) in [7, 11) is -2.69. The average molecular weight is 604 g/mol. The number of amides is 1. The van der Waals surface area contributed by atoms with Gasteiger partial charge in [0.15, 0.2) is 0 Å². The van der Waals surface area contributed by atoms with Crippen LogP contribution in [-0.4, -0.2) is 68.1 Å². The maximum atomic E-state index is 11.8. The normalized spacial score (nSPS) is 11.8. The third kappa shape index (κ3) is 13.0. The molecule has 0 unspecified atom stereocenters. The highest BCUT2D eigenvalue weighted by molar-refractivity contribution is 7.73. The zero-order valence-corrected chi connectivity index (χ0v) is 26.1. The van der Waals surface area contributed by atoms with E-state index in [2.05, 4.69) is 42.5 Å². The highest BCUT2D eigenvalue weighted by Gasteiger charge is 2.16. The van der Waals surface area contributed by atoms with E-state index in [-0.39, 0.29) is 0 Å². The van der Waals surface area contributed by atoms with Crippen LogP contribution in [0.3, 0.4) is 0 Å². The van der Waals surface area contributed by atoms with Crippen LogP contribution in [0.1, 0.15) is 76.8 Å². The number of alkyl carbamates (subject to hydrolysis) is 1. The second-order valence-electron chi connectivity index (χ2n) is 11.3. The standard InChI is InChI=1S/C28H45N9O4S/c1-5-6-8-16-36-21-25(30-33-36)19-35(18-14-23-10-12-24(13-11-23)32-42(39)40)20-26-22-37(34-31-26)17-9-7-15-29-27(38)41-28(2,3)4/h10-13,21-22,42H,5-9,14-20H2,1-4H3,(H,29,38)(H,32,39,40). The molecule has 0 spiro atoms. The number of nitrogens with zero attached hydrogens (tertiary/aromatic N) is 7. The van der Waals surface area contributed by atoms with E-state index in [1.165, 1.54) is 0 Å². The summed E-state index contributed by atoms with van der Waals surface area (Å²) < 4.78 is 33.2. The molecule has 0 atom stereocenters. The summed E-state index contributed by atoms with van der Waals surface area (Å²) in [5.41, 5.74) is 2.89. The molecule has 2 N–H and O–H groups in total. The fourth-order valence-electron chi connectivity index (χ4n) is 4.28. The molecule has 3 aromatic rings. The lowest BCUT2D eigenvalue weighted by molar-refractivity contribution is 0.0527. The van der Waals surface area contributed by atoms with Crippen molar-refractivity contribution in [2.24, 2.45) is 0 Å². The van der Waals surface area contributed by atoms with E-state index in [0.29, 0.717) is 31.9 Å². The predicted molar refractivity (Wildman–Crippen MR) is 161 cm³/mol. The summed E-state index contributed by atoms with van der Waals surface area (Å²) >= 11 is 0. The van der Waals surface area contributed by atoms with Crippen LogP contribution in [0.5, 0.6) is 0 Å². The smallest absolute Gasteiger partial charge is 0.407 e. The molecule has 2 aromatic heterocycles. The van der Waals surface area contributed by atoms with E-state index in [9.17, 15) is 13.2 Å². The SMILES string of the molecule is CCCCCn1cc(CN(CCc2ccc(N[SH](=O)=O)cc2)Cc2cn(CCCCNC(=O)OC(C)(C)C)nn2)nn1. The number of carbonyl (C=O) groups is 1. The number of benzene rings is 1. The minimum Gasteiger partial charge on any atom is -0.444 e. The van der Waals surface area contributed by atoms with E-state index in [4.69, 9.17) is 4.74 Å². The van der Waals surface area contributed by atoms with Crippen molar-refractivity contribution in [3.05, 3.63) is 53.6 Å². The molecule has 232 valence electrons. The molecular formula is C28H45N9O4S. The number of aryl methyl sites for hydroxylation is 2. The molecule has 0 bridgehead atoms. The first kappa shape index (κ1) is 33.0. The third-order valence-electron chi connectivity index (χ3n) is 6.31. The van der Waals surface area contributed by atoms with Gasteiger partial charge in [0.1, 0.15) is 5.60 Å². The van der Waals surface area contributed by atoms with Crippen LogP contribution in [0.2, 0.25) is 0 Å². The molecule has 2 heterocycles. The number of nitrogens with one attached hydrogen (secondary N) is 2. The van der Waals surface area contributed by atoms with Gasteiger partial charge in [-0.2, -0.15) is 0 Å². The highest BCUT2D eigenvalue weighted by Crippen LogP contribution is 2.13. The largest absolute Gasteiger partial charge is 0.444 e. The molecular weight excluding hydrogens is 558 g/mol. The molecule has 0 aliphatic rings. The Morgan fingerprint density at radius 2 is 1.52 bits per heavy atom. The molecule has 1 amide bonds. The summed E-state index contributed by atoms with van der Waals surface area (Å²) in [6.07, 6.45) is 9.38. The number of hydrogen-bond donors (Lipinski definition) is 3. The Balaban J connectivity index is 1.54. The monoisotopic (exact) mass is 603 g/mol. The molecule has 14 heteroatoms. The van der Waals surface area contributed by atoms with Gasteiger partial charge in [0.2, 0.25) is 10.9 Å². The van der Waals surface area contributed by atoms with E-state index < -0.39 is 22.6 Å². The molecule has 0 aliphatic carbocycles. The summed E-state index contributed by atoms with van der Waals surface area (Å²) in [6, 6.07) is 7.39. The summed E-state index contributed by atoms with van der Waals surface area (Å²) in [4.78, 5) is 14.1. The van der Waals surface area contributed by atoms with Crippen LogP contribution < -0.4 is 10.0 Å². The zero-order valence-electron chi connectivity index (χ0n) is 25.2. The van der Waals surface area contributed by atoms with E-state index >= 15 is 0 Å². The molecule has 13 nitrogen and oxygen atoms in total. The number of hydrogen-bond acceptors (Lipinski definition) is 9. The van der Waals surface area contributed by atoms with Crippen molar-refractivity contribution in [3.8, 4) is 0 Å². The molecule has 0 saturated heterocycles. The van der Waals surface area contributed by atoms with Crippen LogP contribution in [0.4, 0.5) is 10.5 Å². The van der Waals surface area contributed by atoms with Gasteiger partial charge >= 0.3 is 6.09 Å². The lowest BCUT2D eigenvalue weighted by atomic mass is 10.1. The van der Waals surface area contributed by atoms with Crippen molar-refractivity contribution in [2.75, 3.05) is 17.8 Å². The Bertz CT molecular complexity index is 1290. The molecule has 3 rings (SSSR count). The van der Waals surface area contributed by atoms with E-state index in [0.717, 1.165) is 68.6 Å². The highest BCUT2D eigenvalue weighted by atomic mass is 32.2. The van der Waals surface area contributed by atoms with Gasteiger partial charge < -0.3 is 10.1 Å². The number of anilines is 1. The van der Waals surface area contributed by atoms with Gasteiger partial charge in [-0.1, -0.05) is 42.3 Å². The molecule has 1 aromatic carbocycles. The van der Waals surface area contributed by atoms with Crippen molar-refractivity contribution < 1.29 is 17.9 Å². The van der Waals surface area contributed by atoms with Gasteiger partial charge in [-0.25, -0.2) is 13.2 Å². The Morgan fingerprint density at radius 3 is 2.07 bits per heavy atom. The van der Waals surface area contributed by atoms with Crippen molar-refractivity contribution in [2.45, 2.75) is 98.0 Å². The summed E-state index contributed by atoms with van der Waals surface area (Å²) in [5, 5.41) is 20.2. The molecule has 0 fully saturated rings. The van der Waals surface area contributed by atoms with Crippen molar-refractivity contribution in [3.63, 3.8) is 0 Å². The van der Waals surface area contributed by atoms with Gasteiger partial charge in [0.25, 0.3) is 0 Å². The minimum atomic E-state index is -2.69. The summed E-state index contributed by atoms with van der Waals surface area (Å²) in [5.74, 6) is 0. The van der Waals surface area contributed by atoms with Crippen molar-refractivity contribution >= 4 is 22.7 Å². The summed E-state index contributed by atoms with van der Waals surface area (Å²) in [6.45, 7) is 11.8. The van der Waals surface area contributed by atoms with Crippen LogP contribution in [0, 0.1) is 0 Å². The molecule has 42 heavy (non-hydrogen) atoms. The second-order valence-corrected chi connectivity index (χ2v) is 12.1.